The smallest absolute Gasteiger partial charge is 0.307 e. The van der Waals surface area contributed by atoms with Gasteiger partial charge in [0.15, 0.2) is 0 Å². The van der Waals surface area contributed by atoms with Crippen LogP contribution in [0.15, 0.2) is 78.9 Å². The van der Waals surface area contributed by atoms with Crippen molar-refractivity contribution >= 4 is 29.4 Å². The minimum atomic E-state index is -1.30. The van der Waals surface area contributed by atoms with Crippen LogP contribution >= 0.6 is 11.6 Å². The van der Waals surface area contributed by atoms with Gasteiger partial charge in [0.2, 0.25) is 5.91 Å². The first kappa shape index (κ1) is 26.0. The van der Waals surface area contributed by atoms with Crippen LogP contribution in [-0.2, 0) is 20.8 Å². The van der Waals surface area contributed by atoms with E-state index in [0.717, 1.165) is 22.3 Å². The predicted octanol–water partition coefficient (Wildman–Crippen LogP) is 5.40. The van der Waals surface area contributed by atoms with Gasteiger partial charge < -0.3 is 15.5 Å². The molecule has 3 unspecified atom stereocenters. The third-order valence-electron chi connectivity index (χ3n) is 6.01. The number of carbonyl (C=O) groups excluding carboxylic acids is 1. The van der Waals surface area contributed by atoms with Crippen LogP contribution in [0.25, 0.3) is 11.1 Å². The quantitative estimate of drug-likeness (QED) is 0.331. The van der Waals surface area contributed by atoms with Crippen molar-refractivity contribution in [3.05, 3.63) is 95.0 Å². The molecule has 0 aliphatic carbocycles. The molecule has 0 aliphatic heterocycles. The zero-order valence-corrected chi connectivity index (χ0v) is 20.1. The first-order chi connectivity index (χ1) is 16.7. The SMILES string of the molecule is CC(NC(=O)CC(CC(=O)O)C(=O)O)C(Cc1ccc(Cl)cc1)c1ccc(-c2ccccc2)cc1. The van der Waals surface area contributed by atoms with Gasteiger partial charge in [-0.2, -0.15) is 0 Å². The van der Waals surface area contributed by atoms with E-state index in [9.17, 15) is 19.5 Å². The molecule has 0 heterocycles. The maximum atomic E-state index is 12.6. The lowest BCUT2D eigenvalue weighted by atomic mass is 9.85. The third-order valence-corrected chi connectivity index (χ3v) is 6.26. The van der Waals surface area contributed by atoms with E-state index in [-0.39, 0.29) is 12.0 Å². The summed E-state index contributed by atoms with van der Waals surface area (Å²) in [6, 6.07) is 25.4. The van der Waals surface area contributed by atoms with Crippen molar-refractivity contribution < 1.29 is 24.6 Å². The van der Waals surface area contributed by atoms with Gasteiger partial charge in [0.05, 0.1) is 12.3 Å². The average molecular weight is 494 g/mol. The molecule has 0 spiro atoms. The summed E-state index contributed by atoms with van der Waals surface area (Å²) in [5, 5.41) is 21.8. The topological polar surface area (TPSA) is 104 Å². The van der Waals surface area contributed by atoms with Gasteiger partial charge in [-0.15, -0.1) is 0 Å². The number of amides is 1. The van der Waals surface area contributed by atoms with E-state index in [1.165, 1.54) is 0 Å². The number of hydrogen-bond acceptors (Lipinski definition) is 3. The van der Waals surface area contributed by atoms with E-state index >= 15 is 0 Å². The molecule has 0 saturated heterocycles. The molecule has 35 heavy (non-hydrogen) atoms. The van der Waals surface area contributed by atoms with Crippen molar-refractivity contribution in [1.29, 1.82) is 0 Å². The Morgan fingerprint density at radius 3 is 2.00 bits per heavy atom. The maximum absolute atomic E-state index is 12.6. The van der Waals surface area contributed by atoms with Crippen molar-refractivity contribution in [2.45, 2.75) is 38.1 Å². The molecule has 7 heteroatoms. The number of nitrogens with one attached hydrogen (secondary N) is 1. The van der Waals surface area contributed by atoms with Crippen molar-refractivity contribution in [3.8, 4) is 11.1 Å². The number of halogens is 1. The third kappa shape index (κ3) is 7.69. The van der Waals surface area contributed by atoms with Crippen LogP contribution in [0.1, 0.15) is 36.8 Å². The Kier molecular flexibility index (Phi) is 9.04. The maximum Gasteiger partial charge on any atom is 0.307 e. The van der Waals surface area contributed by atoms with Gasteiger partial charge in [-0.25, -0.2) is 0 Å². The lowest BCUT2D eigenvalue weighted by molar-refractivity contribution is -0.149. The summed E-state index contributed by atoms with van der Waals surface area (Å²) in [6.07, 6.45) is -0.375. The van der Waals surface area contributed by atoms with Crippen LogP contribution in [0.5, 0.6) is 0 Å². The van der Waals surface area contributed by atoms with E-state index < -0.39 is 36.6 Å². The van der Waals surface area contributed by atoms with E-state index in [0.29, 0.717) is 11.4 Å². The number of hydrogen-bond donors (Lipinski definition) is 3. The number of rotatable bonds is 11. The van der Waals surface area contributed by atoms with E-state index in [2.05, 4.69) is 5.32 Å². The monoisotopic (exact) mass is 493 g/mol. The molecular weight excluding hydrogens is 466 g/mol. The Labute approximate surface area is 209 Å². The largest absolute Gasteiger partial charge is 0.481 e. The van der Waals surface area contributed by atoms with Gasteiger partial charge in [-0.1, -0.05) is 78.3 Å². The van der Waals surface area contributed by atoms with Gasteiger partial charge in [-0.3, -0.25) is 14.4 Å². The first-order valence-corrected chi connectivity index (χ1v) is 11.7. The van der Waals surface area contributed by atoms with Crippen LogP contribution < -0.4 is 5.32 Å². The van der Waals surface area contributed by atoms with Crippen molar-refractivity contribution in [2.24, 2.45) is 5.92 Å². The zero-order valence-electron chi connectivity index (χ0n) is 19.4. The molecule has 1 amide bonds. The normalized spacial score (nSPS) is 13.4. The minimum Gasteiger partial charge on any atom is -0.481 e. The highest BCUT2D eigenvalue weighted by Gasteiger charge is 2.27. The second-order valence-electron chi connectivity index (χ2n) is 8.62. The number of carboxylic acids is 2. The highest BCUT2D eigenvalue weighted by atomic mass is 35.5. The summed E-state index contributed by atoms with van der Waals surface area (Å²) < 4.78 is 0. The molecule has 0 aromatic heterocycles. The second kappa shape index (κ2) is 12.2. The summed E-state index contributed by atoms with van der Waals surface area (Å²) >= 11 is 6.04. The Hall–Kier alpha value is -3.64. The lowest BCUT2D eigenvalue weighted by Crippen LogP contribution is -2.39. The van der Waals surface area contributed by atoms with Crippen molar-refractivity contribution in [1.82, 2.24) is 5.32 Å². The highest BCUT2D eigenvalue weighted by molar-refractivity contribution is 6.30. The molecule has 0 fully saturated rings. The highest BCUT2D eigenvalue weighted by Crippen LogP contribution is 2.28. The Balaban J connectivity index is 1.81. The first-order valence-electron chi connectivity index (χ1n) is 11.4. The lowest BCUT2D eigenvalue weighted by Gasteiger charge is -2.26. The molecule has 0 saturated carbocycles. The Morgan fingerprint density at radius 1 is 0.829 bits per heavy atom. The summed E-state index contributed by atoms with van der Waals surface area (Å²) in [4.78, 5) is 35.0. The molecule has 0 radical (unpaired) electrons. The fraction of sp³-hybridized carbons (Fsp3) is 0.250. The van der Waals surface area contributed by atoms with Crippen LogP contribution in [0.2, 0.25) is 5.02 Å². The number of carbonyl (C=O) groups is 3. The van der Waals surface area contributed by atoms with Gasteiger partial charge in [0, 0.05) is 23.4 Å². The van der Waals surface area contributed by atoms with Crippen molar-refractivity contribution in [2.75, 3.05) is 0 Å². The molecule has 3 N–H and O–H groups in total. The number of carboxylic acid groups (broad SMARTS) is 2. The van der Waals surface area contributed by atoms with Gasteiger partial charge in [0.1, 0.15) is 0 Å². The summed E-state index contributed by atoms with van der Waals surface area (Å²) in [5.41, 5.74) is 4.25. The van der Waals surface area contributed by atoms with E-state index in [1.54, 1.807) is 0 Å². The molecule has 0 aliphatic rings. The van der Waals surface area contributed by atoms with Gasteiger partial charge in [0.25, 0.3) is 0 Å². The fourth-order valence-electron chi connectivity index (χ4n) is 4.11. The molecule has 0 bridgehead atoms. The molecular formula is C28H28ClNO5. The predicted molar refractivity (Wildman–Crippen MR) is 135 cm³/mol. The summed E-state index contributed by atoms with van der Waals surface area (Å²) in [6.45, 7) is 1.87. The Morgan fingerprint density at radius 2 is 1.43 bits per heavy atom. The number of aliphatic carboxylic acids is 2. The number of benzene rings is 3. The molecule has 3 aromatic rings. The second-order valence-corrected chi connectivity index (χ2v) is 9.05. The molecule has 3 rings (SSSR count). The van der Waals surface area contributed by atoms with Crippen molar-refractivity contribution in [3.63, 3.8) is 0 Å². The van der Waals surface area contributed by atoms with E-state index in [4.69, 9.17) is 16.7 Å². The minimum absolute atomic E-state index is 0.104. The zero-order chi connectivity index (χ0) is 25.4. The van der Waals surface area contributed by atoms with Crippen LogP contribution in [0.3, 0.4) is 0 Å². The summed E-state index contributed by atoms with van der Waals surface area (Å²) in [5.74, 6) is -4.43. The van der Waals surface area contributed by atoms with Crippen LogP contribution in [0.4, 0.5) is 0 Å². The molecule has 182 valence electrons. The molecule has 3 aromatic carbocycles. The molecule has 3 atom stereocenters. The van der Waals surface area contributed by atoms with Gasteiger partial charge >= 0.3 is 11.9 Å². The molecule has 6 nitrogen and oxygen atoms in total. The van der Waals surface area contributed by atoms with Gasteiger partial charge in [-0.05, 0) is 47.7 Å². The van der Waals surface area contributed by atoms with E-state index in [1.807, 2.05) is 85.8 Å². The standard InChI is InChI=1S/C28H28ClNO5/c1-18(30-26(31)16-23(28(34)35)17-27(32)33)25(15-19-7-13-24(29)14-8-19)22-11-9-21(10-12-22)20-5-3-2-4-6-20/h2-14,18,23,25H,15-17H2,1H3,(H,30,31)(H,32,33)(H,34,35). The van der Waals surface area contributed by atoms with Crippen LogP contribution in [0, 0.1) is 5.92 Å². The average Bonchev–Trinajstić information content (AvgIpc) is 2.83. The summed E-state index contributed by atoms with van der Waals surface area (Å²) in [7, 11) is 0. The fourth-order valence-corrected chi connectivity index (χ4v) is 4.23. The van der Waals surface area contributed by atoms with Crippen LogP contribution in [-0.4, -0.2) is 34.1 Å². The Bertz CT molecular complexity index is 1150.